The van der Waals surface area contributed by atoms with E-state index in [1.807, 2.05) is 12.1 Å². The Kier molecular flexibility index (Phi) is 7.63. The SMILES string of the molecule is C1=C(c2ccc3c(ccc4ccccc43)c2)NC(c2ccc3c(c2)oc2ccccc23)N=C1c1cccc2oc3c(-c4cccc5c(-c6ccccc6)cccc45)cccc3c12. The van der Waals surface area contributed by atoms with Crippen LogP contribution in [0.3, 0.4) is 0 Å². The Bertz CT molecular complexity index is 3850. The number of nitrogens with zero attached hydrogens (tertiary/aromatic N) is 1. The molecule has 290 valence electrons. The molecule has 2 aromatic heterocycles. The van der Waals surface area contributed by atoms with Crippen molar-refractivity contribution in [3.05, 3.63) is 223 Å². The van der Waals surface area contributed by atoms with Gasteiger partial charge in [-0.1, -0.05) is 176 Å². The topological polar surface area (TPSA) is 50.7 Å². The Morgan fingerprint density at radius 2 is 1.03 bits per heavy atom. The highest BCUT2D eigenvalue weighted by molar-refractivity contribution is 6.25. The summed E-state index contributed by atoms with van der Waals surface area (Å²) in [6.45, 7) is 0. The van der Waals surface area contributed by atoms with E-state index in [1.165, 1.54) is 43.4 Å². The van der Waals surface area contributed by atoms with Gasteiger partial charge < -0.3 is 14.2 Å². The van der Waals surface area contributed by atoms with Gasteiger partial charge in [-0.2, -0.15) is 0 Å². The molecule has 10 aromatic carbocycles. The van der Waals surface area contributed by atoms with Crippen LogP contribution in [0.2, 0.25) is 0 Å². The molecule has 0 amide bonds. The normalized spacial score (nSPS) is 14.3. The van der Waals surface area contributed by atoms with E-state index < -0.39 is 0 Å². The maximum Gasteiger partial charge on any atom is 0.145 e. The summed E-state index contributed by atoms with van der Waals surface area (Å²) in [4.78, 5) is 5.50. The number of rotatable bonds is 5. The van der Waals surface area contributed by atoms with Crippen LogP contribution in [0.25, 0.3) is 104 Å². The highest BCUT2D eigenvalue weighted by atomic mass is 16.3. The number of benzene rings is 10. The van der Waals surface area contributed by atoms with Crippen molar-refractivity contribution in [3.8, 4) is 22.3 Å². The first-order valence-corrected chi connectivity index (χ1v) is 21.1. The van der Waals surface area contributed by atoms with Gasteiger partial charge in [0.1, 0.15) is 28.5 Å². The van der Waals surface area contributed by atoms with E-state index in [1.54, 1.807) is 0 Å². The van der Waals surface area contributed by atoms with Gasteiger partial charge in [0.05, 0.1) is 5.71 Å². The summed E-state index contributed by atoms with van der Waals surface area (Å²) < 4.78 is 13.3. The van der Waals surface area contributed by atoms with Crippen molar-refractivity contribution in [2.45, 2.75) is 6.17 Å². The van der Waals surface area contributed by atoms with Gasteiger partial charge in [0.25, 0.3) is 0 Å². The molecule has 12 aromatic rings. The summed E-state index contributed by atoms with van der Waals surface area (Å²) in [5, 5.41) is 15.4. The van der Waals surface area contributed by atoms with E-state index in [0.29, 0.717) is 0 Å². The summed E-state index contributed by atoms with van der Waals surface area (Å²) in [6.07, 6.45) is 1.82. The third kappa shape index (κ3) is 5.43. The van der Waals surface area contributed by atoms with Crippen molar-refractivity contribution in [2.24, 2.45) is 4.99 Å². The number of aliphatic imine (C=N–C) groups is 1. The molecule has 3 heterocycles. The van der Waals surface area contributed by atoms with Crippen LogP contribution in [-0.4, -0.2) is 5.71 Å². The molecule has 1 atom stereocenters. The highest BCUT2D eigenvalue weighted by Crippen LogP contribution is 2.42. The largest absolute Gasteiger partial charge is 0.456 e. The van der Waals surface area contributed by atoms with Gasteiger partial charge >= 0.3 is 0 Å². The summed E-state index contributed by atoms with van der Waals surface area (Å²) in [5.74, 6) is 0. The van der Waals surface area contributed by atoms with Crippen LogP contribution in [0.1, 0.15) is 22.9 Å². The van der Waals surface area contributed by atoms with Crippen LogP contribution in [0.15, 0.2) is 220 Å². The summed E-state index contributed by atoms with van der Waals surface area (Å²) >= 11 is 0. The molecule has 0 saturated heterocycles. The van der Waals surface area contributed by atoms with Crippen LogP contribution in [0.4, 0.5) is 0 Å². The molecule has 1 aliphatic heterocycles. The van der Waals surface area contributed by atoms with Gasteiger partial charge in [0, 0.05) is 43.9 Å². The van der Waals surface area contributed by atoms with E-state index in [2.05, 4.69) is 199 Å². The fraction of sp³-hybridized carbons (Fsp3) is 0.0172. The predicted octanol–water partition coefficient (Wildman–Crippen LogP) is 15.4. The maximum atomic E-state index is 6.91. The first-order valence-electron chi connectivity index (χ1n) is 21.1. The van der Waals surface area contributed by atoms with Crippen molar-refractivity contribution >= 4 is 87.6 Å². The van der Waals surface area contributed by atoms with E-state index in [4.69, 9.17) is 13.8 Å². The van der Waals surface area contributed by atoms with Crippen LogP contribution in [0, 0.1) is 0 Å². The molecule has 0 saturated carbocycles. The van der Waals surface area contributed by atoms with Crippen LogP contribution in [-0.2, 0) is 0 Å². The Hall–Kier alpha value is -8.21. The summed E-state index contributed by atoms with van der Waals surface area (Å²) in [6, 6.07) is 71.1. The van der Waals surface area contributed by atoms with Gasteiger partial charge in [-0.15, -0.1) is 0 Å². The molecule has 0 aliphatic carbocycles. The van der Waals surface area contributed by atoms with Crippen LogP contribution in [0.5, 0.6) is 0 Å². The maximum absolute atomic E-state index is 6.91. The van der Waals surface area contributed by atoms with Gasteiger partial charge in [0.15, 0.2) is 0 Å². The molecule has 62 heavy (non-hydrogen) atoms. The lowest BCUT2D eigenvalue weighted by Crippen LogP contribution is -2.25. The van der Waals surface area contributed by atoms with Crippen molar-refractivity contribution < 1.29 is 8.83 Å². The van der Waals surface area contributed by atoms with Gasteiger partial charge in [0.2, 0.25) is 0 Å². The van der Waals surface area contributed by atoms with Gasteiger partial charge in [-0.3, -0.25) is 4.99 Å². The number of para-hydroxylation sites is 2. The number of hydrogen-bond donors (Lipinski definition) is 1. The standard InChI is InChI=1S/C58H36N2O2/c1-2-12-35(13-3-1)41-17-8-19-44-43(41)18-9-20-45(44)48-21-10-23-50-56-49(22-11-25-54(56)62-57(48)50)52-34-51(38-28-30-42-37(32-38)27-26-36-14-4-5-15-40(36)42)59-58(60-52)39-29-31-47-46-16-6-7-24-53(46)61-55(47)33-39/h1-34,58-59H. The van der Waals surface area contributed by atoms with Gasteiger partial charge in [-0.05, 0) is 84.9 Å². The molecule has 0 radical (unpaired) electrons. The van der Waals surface area contributed by atoms with E-state index in [-0.39, 0.29) is 6.17 Å². The Labute approximate surface area is 356 Å². The second-order valence-corrected chi connectivity index (χ2v) is 16.2. The van der Waals surface area contributed by atoms with Crippen molar-refractivity contribution in [1.29, 1.82) is 0 Å². The lowest BCUT2D eigenvalue weighted by atomic mass is 9.92. The molecule has 0 spiro atoms. The minimum absolute atomic E-state index is 0.381. The molecule has 4 heteroatoms. The smallest absolute Gasteiger partial charge is 0.145 e. The minimum atomic E-state index is -0.381. The van der Waals surface area contributed by atoms with Gasteiger partial charge in [-0.25, -0.2) is 0 Å². The molecule has 4 nitrogen and oxygen atoms in total. The minimum Gasteiger partial charge on any atom is -0.456 e. The first-order chi connectivity index (χ1) is 30.7. The number of nitrogens with one attached hydrogen (secondary N) is 1. The molecule has 1 N–H and O–H groups in total. The number of furan rings is 2. The van der Waals surface area contributed by atoms with E-state index >= 15 is 0 Å². The third-order valence-corrected chi connectivity index (χ3v) is 12.7. The van der Waals surface area contributed by atoms with Crippen molar-refractivity contribution in [1.82, 2.24) is 5.32 Å². The summed E-state index contributed by atoms with van der Waals surface area (Å²) in [5.41, 5.74) is 13.0. The Morgan fingerprint density at radius 1 is 0.387 bits per heavy atom. The van der Waals surface area contributed by atoms with Crippen LogP contribution < -0.4 is 5.32 Å². The quantitative estimate of drug-likeness (QED) is 0.177. The lowest BCUT2D eigenvalue weighted by molar-refractivity contribution is 0.650. The number of hydrogen-bond acceptors (Lipinski definition) is 4. The average molecular weight is 793 g/mol. The lowest BCUT2D eigenvalue weighted by Gasteiger charge is -2.25. The Balaban J connectivity index is 0.990. The summed E-state index contributed by atoms with van der Waals surface area (Å²) in [7, 11) is 0. The predicted molar refractivity (Wildman–Crippen MR) is 258 cm³/mol. The zero-order valence-electron chi connectivity index (χ0n) is 33.5. The third-order valence-electron chi connectivity index (χ3n) is 12.7. The molecular weight excluding hydrogens is 757 g/mol. The van der Waals surface area contributed by atoms with Crippen LogP contribution >= 0.6 is 0 Å². The Morgan fingerprint density at radius 3 is 1.94 bits per heavy atom. The average Bonchev–Trinajstić information content (AvgIpc) is 3.92. The number of allylic oxidation sites excluding steroid dienone is 1. The molecular formula is C58H36N2O2. The molecule has 0 fully saturated rings. The molecule has 1 aliphatic rings. The number of fused-ring (bicyclic) bond motifs is 10. The monoisotopic (exact) mass is 792 g/mol. The second kappa shape index (κ2) is 13.7. The second-order valence-electron chi connectivity index (χ2n) is 16.2. The first kappa shape index (κ1) is 34.6. The zero-order valence-corrected chi connectivity index (χ0v) is 33.5. The van der Waals surface area contributed by atoms with E-state index in [0.717, 1.165) is 83.1 Å². The highest BCUT2D eigenvalue weighted by Gasteiger charge is 2.24. The molecule has 1 unspecified atom stereocenters. The van der Waals surface area contributed by atoms with Crippen molar-refractivity contribution in [2.75, 3.05) is 0 Å². The zero-order chi connectivity index (χ0) is 40.7. The fourth-order valence-corrected chi connectivity index (χ4v) is 9.79. The van der Waals surface area contributed by atoms with Crippen molar-refractivity contribution in [3.63, 3.8) is 0 Å². The molecule has 0 bridgehead atoms. The van der Waals surface area contributed by atoms with E-state index in [9.17, 15) is 0 Å². The fourth-order valence-electron chi connectivity index (χ4n) is 9.79. The molecule has 13 rings (SSSR count).